The van der Waals surface area contributed by atoms with Gasteiger partial charge in [-0.05, 0) is 36.8 Å². The van der Waals surface area contributed by atoms with Crippen LogP contribution in [0.2, 0.25) is 0 Å². The van der Waals surface area contributed by atoms with Crippen molar-refractivity contribution in [3.63, 3.8) is 0 Å². The van der Waals surface area contributed by atoms with Gasteiger partial charge in [0.1, 0.15) is 5.82 Å². The van der Waals surface area contributed by atoms with Crippen LogP contribution in [0, 0.1) is 11.2 Å². The second-order valence-corrected chi connectivity index (χ2v) is 6.12. The number of hydrazine groups is 1. The average Bonchev–Trinajstić information content (AvgIpc) is 2.58. The number of nitrogens with zero attached hydrogens (tertiary/aromatic N) is 1. The fraction of sp³-hybridized carbons (Fsp3) is 0.533. The third kappa shape index (κ3) is 3.10. The van der Waals surface area contributed by atoms with Crippen LogP contribution in [0.15, 0.2) is 18.2 Å². The molecule has 1 aliphatic rings. The highest BCUT2D eigenvalue weighted by Gasteiger charge is 2.27. The van der Waals surface area contributed by atoms with Gasteiger partial charge in [0.15, 0.2) is 0 Å². The van der Waals surface area contributed by atoms with Crippen LogP contribution < -0.4 is 11.3 Å². The highest BCUT2D eigenvalue weighted by Crippen LogP contribution is 2.31. The molecule has 1 amide bonds. The average molecular weight is 279 g/mol. The molecule has 3 N–H and O–H groups in total. The number of amides is 1. The van der Waals surface area contributed by atoms with Gasteiger partial charge in [-0.2, -0.15) is 0 Å². The lowest BCUT2D eigenvalue weighted by Gasteiger charge is -2.24. The van der Waals surface area contributed by atoms with Gasteiger partial charge in [0.05, 0.1) is 11.3 Å². The quantitative estimate of drug-likeness (QED) is 0.646. The minimum Gasteiger partial charge on any atom is -0.339 e. The van der Waals surface area contributed by atoms with E-state index in [1.807, 2.05) is 0 Å². The fourth-order valence-electron chi connectivity index (χ4n) is 2.65. The van der Waals surface area contributed by atoms with Gasteiger partial charge in [-0.1, -0.05) is 19.9 Å². The predicted molar refractivity (Wildman–Crippen MR) is 77.7 cm³/mol. The third-order valence-corrected chi connectivity index (χ3v) is 4.02. The summed E-state index contributed by atoms with van der Waals surface area (Å²) >= 11 is 0. The SMILES string of the molecule is CC1(C)CCCN(C(=O)c2cccc(F)c2NN)CC1. The van der Waals surface area contributed by atoms with Crippen molar-refractivity contribution < 1.29 is 9.18 Å². The molecule has 1 heterocycles. The first kappa shape index (κ1) is 14.8. The van der Waals surface area contributed by atoms with E-state index in [-0.39, 0.29) is 17.0 Å². The summed E-state index contributed by atoms with van der Waals surface area (Å²) < 4.78 is 13.7. The fourth-order valence-corrected chi connectivity index (χ4v) is 2.65. The summed E-state index contributed by atoms with van der Waals surface area (Å²) in [5.74, 6) is 4.67. The molecule has 1 aliphatic heterocycles. The second kappa shape index (κ2) is 5.79. The Bertz CT molecular complexity index is 502. The van der Waals surface area contributed by atoms with E-state index in [9.17, 15) is 9.18 Å². The number of anilines is 1. The van der Waals surface area contributed by atoms with Crippen LogP contribution in [0.5, 0.6) is 0 Å². The maximum atomic E-state index is 13.7. The number of likely N-dealkylation sites (tertiary alicyclic amines) is 1. The number of carbonyl (C=O) groups is 1. The molecule has 0 saturated carbocycles. The first-order valence-electron chi connectivity index (χ1n) is 6.99. The molecule has 1 aromatic carbocycles. The zero-order valence-electron chi connectivity index (χ0n) is 12.1. The van der Waals surface area contributed by atoms with Crippen molar-refractivity contribution in [3.05, 3.63) is 29.6 Å². The van der Waals surface area contributed by atoms with Crippen molar-refractivity contribution in [1.82, 2.24) is 4.90 Å². The van der Waals surface area contributed by atoms with Crippen LogP contribution >= 0.6 is 0 Å². The van der Waals surface area contributed by atoms with Gasteiger partial charge in [-0.25, -0.2) is 4.39 Å². The van der Waals surface area contributed by atoms with E-state index >= 15 is 0 Å². The molecule has 1 fully saturated rings. The van der Waals surface area contributed by atoms with Crippen molar-refractivity contribution in [2.24, 2.45) is 11.3 Å². The highest BCUT2D eigenvalue weighted by atomic mass is 19.1. The Morgan fingerprint density at radius 3 is 2.80 bits per heavy atom. The molecule has 20 heavy (non-hydrogen) atoms. The maximum Gasteiger partial charge on any atom is 0.256 e. The van der Waals surface area contributed by atoms with Gasteiger partial charge in [-0.3, -0.25) is 10.6 Å². The van der Waals surface area contributed by atoms with E-state index in [1.165, 1.54) is 12.1 Å². The molecule has 5 heteroatoms. The van der Waals surface area contributed by atoms with Gasteiger partial charge < -0.3 is 10.3 Å². The molecule has 0 bridgehead atoms. The van der Waals surface area contributed by atoms with E-state index in [0.29, 0.717) is 18.7 Å². The van der Waals surface area contributed by atoms with Crippen molar-refractivity contribution in [2.75, 3.05) is 18.5 Å². The van der Waals surface area contributed by atoms with Gasteiger partial charge in [0.25, 0.3) is 5.91 Å². The molecular formula is C15H22FN3O. The summed E-state index contributed by atoms with van der Waals surface area (Å²) in [4.78, 5) is 14.4. The Morgan fingerprint density at radius 2 is 2.10 bits per heavy atom. The zero-order valence-corrected chi connectivity index (χ0v) is 12.1. The van der Waals surface area contributed by atoms with Crippen LogP contribution in [0.1, 0.15) is 43.5 Å². The number of para-hydroxylation sites is 1. The standard InChI is InChI=1S/C15H22FN3O/c1-15(2)7-4-9-19(10-8-15)14(20)11-5-3-6-12(16)13(11)18-17/h3,5-6,18H,4,7-10,17H2,1-2H3. The summed E-state index contributed by atoms with van der Waals surface area (Å²) in [5.41, 5.74) is 2.92. The van der Waals surface area contributed by atoms with E-state index in [0.717, 1.165) is 19.3 Å². The van der Waals surface area contributed by atoms with Crippen molar-refractivity contribution >= 4 is 11.6 Å². The number of hydrogen-bond acceptors (Lipinski definition) is 3. The summed E-state index contributed by atoms with van der Waals surface area (Å²) in [5, 5.41) is 0. The Balaban J connectivity index is 2.21. The third-order valence-electron chi connectivity index (χ3n) is 4.02. The summed E-state index contributed by atoms with van der Waals surface area (Å²) in [6, 6.07) is 4.43. The first-order valence-corrected chi connectivity index (χ1v) is 6.99. The molecule has 0 unspecified atom stereocenters. The summed E-state index contributed by atoms with van der Waals surface area (Å²) in [6.45, 7) is 5.85. The normalized spacial score (nSPS) is 18.5. The van der Waals surface area contributed by atoms with E-state index in [2.05, 4.69) is 19.3 Å². The van der Waals surface area contributed by atoms with Crippen molar-refractivity contribution in [3.8, 4) is 0 Å². The number of rotatable bonds is 2. The predicted octanol–water partition coefficient (Wildman–Crippen LogP) is 2.76. The number of carbonyl (C=O) groups excluding carboxylic acids is 1. The van der Waals surface area contributed by atoms with E-state index in [1.54, 1.807) is 11.0 Å². The molecule has 0 aliphatic carbocycles. The van der Waals surface area contributed by atoms with Crippen LogP contribution in [-0.2, 0) is 0 Å². The van der Waals surface area contributed by atoms with Crippen LogP contribution in [0.4, 0.5) is 10.1 Å². The van der Waals surface area contributed by atoms with Crippen molar-refractivity contribution in [1.29, 1.82) is 0 Å². The lowest BCUT2D eigenvalue weighted by atomic mass is 9.85. The topological polar surface area (TPSA) is 58.4 Å². The van der Waals surface area contributed by atoms with Gasteiger partial charge in [0.2, 0.25) is 0 Å². The highest BCUT2D eigenvalue weighted by molar-refractivity contribution is 5.99. The molecule has 0 radical (unpaired) electrons. The molecular weight excluding hydrogens is 257 g/mol. The number of halogens is 1. The second-order valence-electron chi connectivity index (χ2n) is 6.12. The number of benzene rings is 1. The molecule has 0 aromatic heterocycles. The largest absolute Gasteiger partial charge is 0.339 e. The van der Waals surface area contributed by atoms with Crippen LogP contribution in [0.25, 0.3) is 0 Å². The maximum absolute atomic E-state index is 13.7. The molecule has 2 rings (SSSR count). The Kier molecular flexibility index (Phi) is 4.28. The molecule has 1 aromatic rings. The van der Waals surface area contributed by atoms with E-state index in [4.69, 9.17) is 5.84 Å². The van der Waals surface area contributed by atoms with Crippen LogP contribution in [0.3, 0.4) is 0 Å². The number of hydrogen-bond donors (Lipinski definition) is 2. The number of nitrogen functional groups attached to an aromatic ring is 1. The van der Waals surface area contributed by atoms with E-state index < -0.39 is 5.82 Å². The zero-order chi connectivity index (χ0) is 14.8. The first-order chi connectivity index (χ1) is 9.44. The summed E-state index contributed by atoms with van der Waals surface area (Å²) in [6.07, 6.45) is 3.03. The Hall–Kier alpha value is -1.62. The Morgan fingerprint density at radius 1 is 1.35 bits per heavy atom. The smallest absolute Gasteiger partial charge is 0.256 e. The Labute approximate surface area is 119 Å². The molecule has 1 saturated heterocycles. The van der Waals surface area contributed by atoms with Gasteiger partial charge >= 0.3 is 0 Å². The lowest BCUT2D eigenvalue weighted by molar-refractivity contribution is 0.0758. The monoisotopic (exact) mass is 279 g/mol. The molecule has 110 valence electrons. The summed E-state index contributed by atoms with van der Waals surface area (Å²) in [7, 11) is 0. The number of nitrogens with two attached hydrogens (primary N) is 1. The minimum absolute atomic E-state index is 0.0704. The van der Waals surface area contributed by atoms with Crippen molar-refractivity contribution in [2.45, 2.75) is 33.1 Å². The van der Waals surface area contributed by atoms with Gasteiger partial charge in [0, 0.05) is 13.1 Å². The molecule has 0 atom stereocenters. The number of nitrogens with one attached hydrogen (secondary N) is 1. The molecule has 0 spiro atoms. The minimum atomic E-state index is -0.506. The van der Waals surface area contributed by atoms with Crippen LogP contribution in [-0.4, -0.2) is 23.9 Å². The lowest BCUT2D eigenvalue weighted by Crippen LogP contribution is -2.33. The van der Waals surface area contributed by atoms with Gasteiger partial charge in [-0.15, -0.1) is 0 Å². The molecule has 4 nitrogen and oxygen atoms in total.